The van der Waals surface area contributed by atoms with Crippen molar-refractivity contribution in [1.29, 1.82) is 0 Å². The van der Waals surface area contributed by atoms with Gasteiger partial charge in [0.25, 0.3) is 5.91 Å². The molecule has 2 aromatic rings. The molecule has 2 rings (SSSR count). The second kappa shape index (κ2) is 9.46. The number of likely N-dealkylation sites (N-methyl/N-ethyl adjacent to an activating group) is 1. The summed E-state index contributed by atoms with van der Waals surface area (Å²) < 4.78 is 6.29. The molecule has 0 spiro atoms. The number of ether oxygens (including phenoxy) is 1. The average Bonchev–Trinajstić information content (AvgIpc) is 2.65. The largest absolute Gasteiger partial charge is 0.447 e. The van der Waals surface area contributed by atoms with Gasteiger partial charge in [0.15, 0.2) is 5.78 Å². The smallest absolute Gasteiger partial charge is 0.310 e. The van der Waals surface area contributed by atoms with Crippen LogP contribution in [0.3, 0.4) is 0 Å². The van der Waals surface area contributed by atoms with Crippen LogP contribution in [0.5, 0.6) is 0 Å². The SMILES string of the molecule is C[C@H](CC(=O)c1cccc(Br)c1)C(=O)O[C@@H](C(=O)N(C)C)c1ccccc1. The van der Waals surface area contributed by atoms with E-state index in [0.29, 0.717) is 11.1 Å². The molecule has 0 aromatic heterocycles. The van der Waals surface area contributed by atoms with Crippen LogP contribution in [-0.4, -0.2) is 36.7 Å². The molecule has 0 unspecified atom stereocenters. The van der Waals surface area contributed by atoms with E-state index in [4.69, 9.17) is 4.74 Å². The van der Waals surface area contributed by atoms with Crippen molar-refractivity contribution in [3.05, 3.63) is 70.2 Å². The van der Waals surface area contributed by atoms with E-state index in [-0.39, 0.29) is 18.1 Å². The number of halogens is 1. The van der Waals surface area contributed by atoms with Crippen LogP contribution < -0.4 is 0 Å². The number of nitrogens with zero attached hydrogens (tertiary/aromatic N) is 1. The molecule has 6 heteroatoms. The Morgan fingerprint density at radius 2 is 1.70 bits per heavy atom. The van der Waals surface area contributed by atoms with Gasteiger partial charge in [0.05, 0.1) is 5.92 Å². The zero-order valence-corrected chi connectivity index (χ0v) is 17.1. The van der Waals surface area contributed by atoms with Gasteiger partial charge in [0.2, 0.25) is 6.10 Å². The summed E-state index contributed by atoms with van der Waals surface area (Å²) in [6.07, 6.45) is -1.02. The molecule has 142 valence electrons. The highest BCUT2D eigenvalue weighted by Crippen LogP contribution is 2.23. The highest BCUT2D eigenvalue weighted by Gasteiger charge is 2.29. The van der Waals surface area contributed by atoms with Crippen molar-refractivity contribution in [2.24, 2.45) is 5.92 Å². The van der Waals surface area contributed by atoms with Crippen LogP contribution >= 0.6 is 15.9 Å². The molecular weight excluding hydrogens is 410 g/mol. The maximum Gasteiger partial charge on any atom is 0.310 e. The van der Waals surface area contributed by atoms with Crippen molar-refractivity contribution in [2.45, 2.75) is 19.4 Å². The van der Waals surface area contributed by atoms with E-state index < -0.39 is 18.0 Å². The van der Waals surface area contributed by atoms with E-state index in [9.17, 15) is 14.4 Å². The molecule has 0 saturated carbocycles. The van der Waals surface area contributed by atoms with Crippen LogP contribution in [0.15, 0.2) is 59.1 Å². The molecule has 0 saturated heterocycles. The first kappa shape index (κ1) is 20.8. The van der Waals surface area contributed by atoms with Crippen molar-refractivity contribution in [3.63, 3.8) is 0 Å². The summed E-state index contributed by atoms with van der Waals surface area (Å²) in [6, 6.07) is 15.8. The van der Waals surface area contributed by atoms with E-state index in [1.165, 1.54) is 4.90 Å². The first-order chi connectivity index (χ1) is 12.8. The number of benzene rings is 2. The lowest BCUT2D eigenvalue weighted by Gasteiger charge is -2.22. The molecular formula is C21H22BrNO4. The highest BCUT2D eigenvalue weighted by atomic mass is 79.9. The summed E-state index contributed by atoms with van der Waals surface area (Å²) in [6.45, 7) is 1.63. The number of carbonyl (C=O) groups excluding carboxylic acids is 3. The van der Waals surface area contributed by atoms with Gasteiger partial charge in [-0.25, -0.2) is 0 Å². The fourth-order valence-electron chi connectivity index (χ4n) is 2.50. The predicted octanol–water partition coefficient (Wildman–Crippen LogP) is 4.03. The Hall–Kier alpha value is -2.47. The number of amides is 1. The van der Waals surface area contributed by atoms with E-state index in [2.05, 4.69) is 15.9 Å². The van der Waals surface area contributed by atoms with Gasteiger partial charge in [0.1, 0.15) is 0 Å². The molecule has 0 aliphatic heterocycles. The number of esters is 1. The van der Waals surface area contributed by atoms with Crippen molar-refractivity contribution >= 4 is 33.6 Å². The van der Waals surface area contributed by atoms with Crippen molar-refractivity contribution < 1.29 is 19.1 Å². The maximum atomic E-state index is 12.5. The minimum atomic E-state index is -1.03. The lowest BCUT2D eigenvalue weighted by Crippen LogP contribution is -2.32. The quantitative estimate of drug-likeness (QED) is 0.490. The number of ketones is 1. The lowest BCUT2D eigenvalue weighted by molar-refractivity contribution is -0.162. The molecule has 0 radical (unpaired) electrons. The van der Waals surface area contributed by atoms with E-state index in [1.807, 2.05) is 12.1 Å². The third-order valence-electron chi connectivity index (χ3n) is 4.04. The monoisotopic (exact) mass is 431 g/mol. The van der Waals surface area contributed by atoms with E-state index >= 15 is 0 Å². The topological polar surface area (TPSA) is 63.7 Å². The minimum absolute atomic E-state index is 0.00690. The second-order valence-electron chi connectivity index (χ2n) is 6.50. The van der Waals surface area contributed by atoms with Gasteiger partial charge in [-0.1, -0.05) is 65.3 Å². The number of hydrogen-bond donors (Lipinski definition) is 0. The van der Waals surface area contributed by atoms with Gasteiger partial charge in [-0.3, -0.25) is 14.4 Å². The molecule has 1 amide bonds. The Morgan fingerprint density at radius 1 is 1.04 bits per heavy atom. The molecule has 0 heterocycles. The fourth-order valence-corrected chi connectivity index (χ4v) is 2.90. The van der Waals surface area contributed by atoms with Crippen LogP contribution in [0.1, 0.15) is 35.4 Å². The number of rotatable bonds is 7. The highest BCUT2D eigenvalue weighted by molar-refractivity contribution is 9.10. The summed E-state index contributed by atoms with van der Waals surface area (Å²) in [4.78, 5) is 38.8. The first-order valence-electron chi connectivity index (χ1n) is 8.55. The number of carbonyl (C=O) groups is 3. The Bertz CT molecular complexity index is 820. The Kier molecular flexibility index (Phi) is 7.30. The molecule has 0 aliphatic rings. The van der Waals surface area contributed by atoms with Gasteiger partial charge >= 0.3 is 5.97 Å². The molecule has 2 atom stereocenters. The van der Waals surface area contributed by atoms with Crippen LogP contribution in [-0.2, 0) is 14.3 Å². The third kappa shape index (κ3) is 5.76. The third-order valence-corrected chi connectivity index (χ3v) is 4.54. The Morgan fingerprint density at radius 3 is 2.30 bits per heavy atom. The van der Waals surface area contributed by atoms with Crippen LogP contribution in [0, 0.1) is 5.92 Å². The standard InChI is InChI=1S/C21H22BrNO4/c1-14(12-18(24)16-10-7-11-17(22)13-16)21(26)27-19(20(25)23(2)3)15-8-5-4-6-9-15/h4-11,13-14,19H,12H2,1-3H3/t14-,19-/m1/s1. The summed E-state index contributed by atoms with van der Waals surface area (Å²) in [5.74, 6) is -1.74. The van der Waals surface area contributed by atoms with Gasteiger partial charge in [-0.05, 0) is 12.1 Å². The van der Waals surface area contributed by atoms with Gasteiger partial charge in [-0.2, -0.15) is 0 Å². The molecule has 2 aromatic carbocycles. The summed E-state index contributed by atoms with van der Waals surface area (Å²) in [5, 5.41) is 0. The molecule has 0 fully saturated rings. The summed E-state index contributed by atoms with van der Waals surface area (Å²) >= 11 is 3.33. The average molecular weight is 432 g/mol. The zero-order valence-electron chi connectivity index (χ0n) is 15.5. The minimum Gasteiger partial charge on any atom is -0.447 e. The zero-order chi connectivity index (χ0) is 20.0. The number of Topliss-reactive ketones (excluding diaryl/α,β-unsaturated/α-hetero) is 1. The Labute approximate surface area is 167 Å². The van der Waals surface area contributed by atoms with E-state index in [1.54, 1.807) is 63.5 Å². The molecule has 27 heavy (non-hydrogen) atoms. The lowest BCUT2D eigenvalue weighted by atomic mass is 9.99. The summed E-state index contributed by atoms with van der Waals surface area (Å²) in [5.41, 5.74) is 1.11. The van der Waals surface area contributed by atoms with E-state index in [0.717, 1.165) is 4.47 Å². The first-order valence-corrected chi connectivity index (χ1v) is 9.34. The molecule has 0 N–H and O–H groups in total. The fraction of sp³-hybridized carbons (Fsp3) is 0.286. The van der Waals surface area contributed by atoms with Crippen LogP contribution in [0.2, 0.25) is 0 Å². The van der Waals surface area contributed by atoms with Crippen molar-refractivity contribution in [3.8, 4) is 0 Å². The summed E-state index contributed by atoms with van der Waals surface area (Å²) in [7, 11) is 3.21. The Balaban J connectivity index is 2.10. The van der Waals surface area contributed by atoms with Gasteiger partial charge < -0.3 is 9.64 Å². The predicted molar refractivity (Wildman–Crippen MR) is 106 cm³/mol. The molecule has 5 nitrogen and oxygen atoms in total. The molecule has 0 bridgehead atoms. The van der Waals surface area contributed by atoms with Gasteiger partial charge in [0, 0.05) is 36.1 Å². The normalized spacial score (nSPS) is 12.7. The second-order valence-corrected chi connectivity index (χ2v) is 7.41. The van der Waals surface area contributed by atoms with Crippen LogP contribution in [0.4, 0.5) is 0 Å². The van der Waals surface area contributed by atoms with Crippen molar-refractivity contribution in [1.82, 2.24) is 4.90 Å². The number of hydrogen-bond acceptors (Lipinski definition) is 4. The van der Waals surface area contributed by atoms with Crippen molar-refractivity contribution in [2.75, 3.05) is 14.1 Å². The van der Waals surface area contributed by atoms with Gasteiger partial charge in [-0.15, -0.1) is 0 Å². The van der Waals surface area contributed by atoms with Crippen LogP contribution in [0.25, 0.3) is 0 Å². The maximum absolute atomic E-state index is 12.5. The molecule has 0 aliphatic carbocycles.